The first-order valence-electron chi connectivity index (χ1n) is 6.99. The zero-order valence-electron chi connectivity index (χ0n) is 12.3. The van der Waals surface area contributed by atoms with Gasteiger partial charge in [-0.1, -0.05) is 0 Å². The molecule has 21 heavy (non-hydrogen) atoms. The Bertz CT molecular complexity index is 534. The second kappa shape index (κ2) is 6.62. The minimum atomic E-state index is -0.826. The number of carbonyl (C=O) groups excluding carboxylic acids is 1. The molecular weight excluding hydrogens is 338 g/mol. The van der Waals surface area contributed by atoms with Gasteiger partial charge >= 0.3 is 5.97 Å². The number of aliphatic carboxylic acids is 1. The van der Waals surface area contributed by atoms with Gasteiger partial charge in [0.15, 0.2) is 0 Å². The number of hydrogen-bond donors (Lipinski definition) is 1. The van der Waals surface area contributed by atoms with Gasteiger partial charge in [-0.15, -0.1) is 0 Å². The maximum absolute atomic E-state index is 12.6. The van der Waals surface area contributed by atoms with E-state index in [1.165, 1.54) is 0 Å². The van der Waals surface area contributed by atoms with Gasteiger partial charge in [0.1, 0.15) is 5.69 Å². The van der Waals surface area contributed by atoms with Gasteiger partial charge in [0.05, 0.1) is 6.54 Å². The van der Waals surface area contributed by atoms with Crippen LogP contribution in [-0.4, -0.2) is 64.1 Å². The molecule has 0 radical (unpaired) electrons. The predicted octanol–water partition coefficient (Wildman–Crippen LogP) is 1.67. The van der Waals surface area contributed by atoms with Crippen molar-refractivity contribution in [2.24, 2.45) is 0 Å². The van der Waals surface area contributed by atoms with Crippen LogP contribution in [0.2, 0.25) is 0 Å². The summed E-state index contributed by atoms with van der Waals surface area (Å²) in [5.41, 5.74) is 0.670. The Morgan fingerprint density at radius 1 is 1.29 bits per heavy atom. The summed E-state index contributed by atoms with van der Waals surface area (Å²) in [7, 11) is 0. The van der Waals surface area contributed by atoms with Gasteiger partial charge in [0, 0.05) is 42.9 Å². The topological polar surface area (TPSA) is 65.8 Å². The van der Waals surface area contributed by atoms with Crippen molar-refractivity contribution in [2.75, 3.05) is 32.7 Å². The van der Waals surface area contributed by atoms with E-state index in [1.54, 1.807) is 4.90 Å². The maximum Gasteiger partial charge on any atom is 0.317 e. The van der Waals surface area contributed by atoms with Gasteiger partial charge in [0.2, 0.25) is 0 Å². The molecule has 0 bridgehead atoms. The van der Waals surface area contributed by atoms with Gasteiger partial charge in [-0.05, 0) is 35.8 Å². The van der Waals surface area contributed by atoms with Crippen molar-refractivity contribution in [3.8, 4) is 0 Å². The summed E-state index contributed by atoms with van der Waals surface area (Å²) in [5.74, 6) is -0.822. The number of carboxylic acids is 1. The molecule has 0 atom stereocenters. The van der Waals surface area contributed by atoms with E-state index in [0.29, 0.717) is 31.9 Å². The molecule has 1 N–H and O–H groups in total. The largest absolute Gasteiger partial charge is 0.480 e. The van der Waals surface area contributed by atoms with Crippen LogP contribution in [0.1, 0.15) is 30.4 Å². The zero-order valence-corrected chi connectivity index (χ0v) is 13.8. The van der Waals surface area contributed by atoms with Crippen molar-refractivity contribution < 1.29 is 14.7 Å². The standard InChI is InChI=1S/C14H20BrN3O3/c1-10(2)18-8-11(15)7-12(18)14(21)17-5-3-16(4-6-17)9-13(19)20/h7-8,10H,3-6,9H2,1-2H3,(H,19,20). The normalized spacial score (nSPS) is 16.5. The van der Waals surface area contributed by atoms with Crippen molar-refractivity contribution in [1.82, 2.24) is 14.4 Å². The summed E-state index contributed by atoms with van der Waals surface area (Å²) in [6.45, 7) is 6.43. The molecule has 1 aromatic heterocycles. The van der Waals surface area contributed by atoms with Crippen molar-refractivity contribution in [3.63, 3.8) is 0 Å². The number of rotatable bonds is 4. The molecule has 0 spiro atoms. The molecule has 7 heteroatoms. The molecule has 0 unspecified atom stereocenters. The third kappa shape index (κ3) is 3.85. The van der Waals surface area contributed by atoms with E-state index in [2.05, 4.69) is 15.9 Å². The van der Waals surface area contributed by atoms with Crippen LogP contribution in [0.3, 0.4) is 0 Å². The number of hydrogen-bond acceptors (Lipinski definition) is 3. The number of halogens is 1. The molecule has 0 saturated carbocycles. The van der Waals surface area contributed by atoms with E-state index in [-0.39, 0.29) is 18.5 Å². The monoisotopic (exact) mass is 357 g/mol. The molecule has 0 aliphatic carbocycles. The first-order valence-corrected chi connectivity index (χ1v) is 7.78. The highest BCUT2D eigenvalue weighted by atomic mass is 79.9. The van der Waals surface area contributed by atoms with Crippen LogP contribution in [0, 0.1) is 0 Å². The van der Waals surface area contributed by atoms with Crippen molar-refractivity contribution in [3.05, 3.63) is 22.4 Å². The number of carboxylic acid groups (broad SMARTS) is 1. The van der Waals surface area contributed by atoms with E-state index in [9.17, 15) is 9.59 Å². The van der Waals surface area contributed by atoms with E-state index in [0.717, 1.165) is 4.47 Å². The van der Waals surface area contributed by atoms with Gasteiger partial charge in [-0.2, -0.15) is 0 Å². The fraction of sp³-hybridized carbons (Fsp3) is 0.571. The van der Waals surface area contributed by atoms with Gasteiger partial charge < -0.3 is 14.6 Å². The fourth-order valence-electron chi connectivity index (χ4n) is 2.51. The molecule has 1 aromatic rings. The number of carbonyl (C=O) groups is 2. The second-order valence-electron chi connectivity index (χ2n) is 5.51. The number of piperazine rings is 1. The average Bonchev–Trinajstić information content (AvgIpc) is 2.80. The number of amides is 1. The average molecular weight is 358 g/mol. The molecule has 116 valence electrons. The Morgan fingerprint density at radius 3 is 2.43 bits per heavy atom. The lowest BCUT2D eigenvalue weighted by atomic mass is 10.2. The summed E-state index contributed by atoms with van der Waals surface area (Å²) >= 11 is 3.42. The molecule has 2 heterocycles. The molecule has 1 aliphatic heterocycles. The van der Waals surface area contributed by atoms with Crippen LogP contribution in [0.15, 0.2) is 16.7 Å². The molecule has 1 fully saturated rings. The molecular formula is C14H20BrN3O3. The first-order chi connectivity index (χ1) is 9.88. The molecule has 1 amide bonds. The van der Waals surface area contributed by atoms with Crippen molar-refractivity contribution in [2.45, 2.75) is 19.9 Å². The Balaban J connectivity index is 2.04. The Hall–Kier alpha value is -1.34. The quantitative estimate of drug-likeness (QED) is 0.889. The van der Waals surface area contributed by atoms with E-state index < -0.39 is 5.97 Å². The summed E-state index contributed by atoms with van der Waals surface area (Å²) < 4.78 is 2.85. The summed E-state index contributed by atoms with van der Waals surface area (Å²) in [6.07, 6.45) is 1.92. The van der Waals surface area contributed by atoms with Crippen LogP contribution in [0.25, 0.3) is 0 Å². The van der Waals surface area contributed by atoms with Crippen LogP contribution in [0.4, 0.5) is 0 Å². The first kappa shape index (κ1) is 16.0. The summed E-state index contributed by atoms with van der Waals surface area (Å²) in [4.78, 5) is 27.0. The Kier molecular flexibility index (Phi) is 5.05. The van der Waals surface area contributed by atoms with E-state index in [1.807, 2.05) is 35.6 Å². The molecule has 1 aliphatic rings. The molecule has 1 saturated heterocycles. The molecule has 0 aromatic carbocycles. The van der Waals surface area contributed by atoms with Crippen LogP contribution in [-0.2, 0) is 4.79 Å². The minimum Gasteiger partial charge on any atom is -0.480 e. The predicted molar refractivity (Wildman–Crippen MR) is 82.5 cm³/mol. The Morgan fingerprint density at radius 2 is 1.90 bits per heavy atom. The highest BCUT2D eigenvalue weighted by molar-refractivity contribution is 9.10. The van der Waals surface area contributed by atoms with E-state index >= 15 is 0 Å². The fourth-order valence-corrected chi connectivity index (χ4v) is 2.94. The van der Waals surface area contributed by atoms with Gasteiger partial charge in [-0.3, -0.25) is 14.5 Å². The minimum absolute atomic E-state index is 0.00405. The highest BCUT2D eigenvalue weighted by Gasteiger charge is 2.25. The lowest BCUT2D eigenvalue weighted by Gasteiger charge is -2.34. The highest BCUT2D eigenvalue weighted by Crippen LogP contribution is 2.21. The van der Waals surface area contributed by atoms with Gasteiger partial charge in [-0.25, -0.2) is 0 Å². The van der Waals surface area contributed by atoms with Crippen LogP contribution < -0.4 is 0 Å². The third-order valence-electron chi connectivity index (χ3n) is 3.61. The summed E-state index contributed by atoms with van der Waals surface area (Å²) in [6, 6.07) is 2.05. The lowest BCUT2D eigenvalue weighted by molar-refractivity contribution is -0.138. The Labute approximate surface area is 132 Å². The number of aromatic nitrogens is 1. The van der Waals surface area contributed by atoms with Crippen molar-refractivity contribution >= 4 is 27.8 Å². The van der Waals surface area contributed by atoms with Crippen LogP contribution >= 0.6 is 15.9 Å². The molecule has 2 rings (SSSR count). The number of nitrogens with zero attached hydrogens (tertiary/aromatic N) is 3. The maximum atomic E-state index is 12.6. The third-order valence-corrected chi connectivity index (χ3v) is 4.04. The van der Waals surface area contributed by atoms with E-state index in [4.69, 9.17) is 5.11 Å². The van der Waals surface area contributed by atoms with Crippen LogP contribution in [0.5, 0.6) is 0 Å². The second-order valence-corrected chi connectivity index (χ2v) is 6.42. The summed E-state index contributed by atoms with van der Waals surface area (Å²) in [5, 5.41) is 8.79. The molecule has 6 nitrogen and oxygen atoms in total. The lowest BCUT2D eigenvalue weighted by Crippen LogP contribution is -2.50. The zero-order chi connectivity index (χ0) is 15.6. The van der Waals surface area contributed by atoms with Crippen molar-refractivity contribution in [1.29, 1.82) is 0 Å². The smallest absolute Gasteiger partial charge is 0.317 e. The van der Waals surface area contributed by atoms with Gasteiger partial charge in [0.25, 0.3) is 5.91 Å². The SMILES string of the molecule is CC(C)n1cc(Br)cc1C(=O)N1CCN(CC(=O)O)CC1.